The van der Waals surface area contributed by atoms with E-state index >= 15 is 0 Å². The van der Waals surface area contributed by atoms with Crippen molar-refractivity contribution in [1.29, 1.82) is 0 Å². The third-order valence-electron chi connectivity index (χ3n) is 3.74. The van der Waals surface area contributed by atoms with Crippen LogP contribution in [0.5, 0.6) is 0 Å². The van der Waals surface area contributed by atoms with Crippen LogP contribution in [0.2, 0.25) is 0 Å². The van der Waals surface area contributed by atoms with Crippen LogP contribution in [0.4, 0.5) is 11.6 Å². The van der Waals surface area contributed by atoms with Crippen LogP contribution in [0, 0.1) is 13.8 Å². The second-order valence-corrected chi connectivity index (χ2v) is 5.68. The third kappa shape index (κ3) is 5.06. The van der Waals surface area contributed by atoms with Gasteiger partial charge in [0.2, 0.25) is 5.95 Å². The fourth-order valence-electron chi connectivity index (χ4n) is 2.14. The van der Waals surface area contributed by atoms with Gasteiger partial charge in [-0.05, 0) is 43.5 Å². The van der Waals surface area contributed by atoms with Crippen LogP contribution in [-0.2, 0) is 0 Å². The van der Waals surface area contributed by atoms with Crippen LogP contribution in [-0.4, -0.2) is 22.4 Å². The van der Waals surface area contributed by atoms with Crippen LogP contribution in [0.15, 0.2) is 30.6 Å². The molecule has 23 heavy (non-hydrogen) atoms. The molecule has 0 spiro atoms. The van der Waals surface area contributed by atoms with Gasteiger partial charge >= 0.3 is 0 Å². The van der Waals surface area contributed by atoms with Gasteiger partial charge in [-0.1, -0.05) is 25.8 Å². The Kier molecular flexibility index (Phi) is 6.09. The number of benzene rings is 1. The van der Waals surface area contributed by atoms with Crippen molar-refractivity contribution in [3.63, 3.8) is 0 Å². The summed E-state index contributed by atoms with van der Waals surface area (Å²) in [5.41, 5.74) is 3.86. The normalized spacial score (nSPS) is 10.4. The molecule has 0 aliphatic rings. The highest BCUT2D eigenvalue weighted by atomic mass is 16.1. The second-order valence-electron chi connectivity index (χ2n) is 5.68. The van der Waals surface area contributed by atoms with Gasteiger partial charge in [-0.3, -0.25) is 4.79 Å². The molecule has 0 fully saturated rings. The molecule has 0 aliphatic heterocycles. The van der Waals surface area contributed by atoms with Crippen LogP contribution in [0.25, 0.3) is 0 Å². The van der Waals surface area contributed by atoms with Gasteiger partial charge in [0.1, 0.15) is 0 Å². The fourth-order valence-corrected chi connectivity index (χ4v) is 2.14. The minimum atomic E-state index is -0.126. The summed E-state index contributed by atoms with van der Waals surface area (Å²) in [6, 6.07) is 6.09. The highest BCUT2D eigenvalue weighted by molar-refractivity contribution is 5.93. The van der Waals surface area contributed by atoms with Crippen molar-refractivity contribution in [1.82, 2.24) is 15.3 Å². The maximum atomic E-state index is 11.9. The Hall–Kier alpha value is -2.43. The molecular weight excluding hydrogens is 288 g/mol. The van der Waals surface area contributed by atoms with E-state index in [0.717, 1.165) is 24.9 Å². The van der Waals surface area contributed by atoms with Crippen molar-refractivity contribution >= 4 is 17.5 Å². The summed E-state index contributed by atoms with van der Waals surface area (Å²) in [5.74, 6) is 0.356. The van der Waals surface area contributed by atoms with Gasteiger partial charge in [0.15, 0.2) is 0 Å². The van der Waals surface area contributed by atoms with Crippen LogP contribution in [0.3, 0.4) is 0 Å². The summed E-state index contributed by atoms with van der Waals surface area (Å²) in [6.45, 7) is 6.96. The number of anilines is 2. The number of aryl methyl sites for hydroxylation is 2. The predicted octanol–water partition coefficient (Wildman–Crippen LogP) is 3.76. The molecule has 1 aromatic carbocycles. The number of hydrogen-bond acceptors (Lipinski definition) is 4. The van der Waals surface area contributed by atoms with E-state index in [9.17, 15) is 4.79 Å². The monoisotopic (exact) mass is 312 g/mol. The van der Waals surface area contributed by atoms with E-state index in [0.29, 0.717) is 18.1 Å². The number of hydrogen-bond donors (Lipinski definition) is 2. The van der Waals surface area contributed by atoms with Gasteiger partial charge in [-0.2, -0.15) is 0 Å². The van der Waals surface area contributed by atoms with Crippen molar-refractivity contribution in [2.24, 2.45) is 0 Å². The minimum Gasteiger partial charge on any atom is -0.352 e. The first-order valence-corrected chi connectivity index (χ1v) is 8.04. The molecule has 1 aromatic heterocycles. The summed E-state index contributed by atoms with van der Waals surface area (Å²) in [7, 11) is 0. The molecular formula is C18H24N4O. The lowest BCUT2D eigenvalue weighted by molar-refractivity contribution is 0.0952. The first-order valence-electron chi connectivity index (χ1n) is 8.04. The Bertz CT molecular complexity index is 653. The second kappa shape index (κ2) is 8.27. The summed E-state index contributed by atoms with van der Waals surface area (Å²) in [6.07, 6.45) is 6.35. The number of carbonyl (C=O) groups excluding carboxylic acids is 1. The minimum absolute atomic E-state index is 0.126. The summed E-state index contributed by atoms with van der Waals surface area (Å²) in [4.78, 5) is 20.4. The number of rotatable bonds is 7. The van der Waals surface area contributed by atoms with Crippen molar-refractivity contribution in [3.8, 4) is 0 Å². The fraction of sp³-hybridized carbons (Fsp3) is 0.389. The smallest absolute Gasteiger partial charge is 0.254 e. The maximum absolute atomic E-state index is 11.9. The van der Waals surface area contributed by atoms with Crippen LogP contribution >= 0.6 is 0 Å². The quantitative estimate of drug-likeness (QED) is 0.764. The molecule has 0 aliphatic carbocycles. The summed E-state index contributed by atoms with van der Waals surface area (Å²) < 4.78 is 0. The topological polar surface area (TPSA) is 66.9 Å². The highest BCUT2D eigenvalue weighted by Gasteiger charge is 2.07. The lowest BCUT2D eigenvalue weighted by atomic mass is 10.1. The molecule has 0 radical (unpaired) electrons. The van der Waals surface area contributed by atoms with Gasteiger partial charge in [-0.25, -0.2) is 9.97 Å². The van der Waals surface area contributed by atoms with Gasteiger partial charge in [0.25, 0.3) is 5.91 Å². The standard InChI is InChI=1S/C18H24N4O/c1-4-5-6-9-19-17(23)15-11-20-18(21-12-15)22-16-8-7-13(2)14(3)10-16/h7-8,10-12H,4-6,9H2,1-3H3,(H,19,23)(H,20,21,22). The van der Waals surface area contributed by atoms with Crippen molar-refractivity contribution in [2.75, 3.05) is 11.9 Å². The van der Waals surface area contributed by atoms with Gasteiger partial charge in [0, 0.05) is 24.6 Å². The average molecular weight is 312 g/mol. The molecule has 0 unspecified atom stereocenters. The van der Waals surface area contributed by atoms with Gasteiger partial charge in [0.05, 0.1) is 5.56 Å². The molecule has 0 bridgehead atoms. The first-order chi connectivity index (χ1) is 11.1. The highest BCUT2D eigenvalue weighted by Crippen LogP contribution is 2.17. The molecule has 5 heteroatoms. The average Bonchev–Trinajstić information content (AvgIpc) is 2.55. The zero-order chi connectivity index (χ0) is 16.7. The largest absolute Gasteiger partial charge is 0.352 e. The number of amides is 1. The molecule has 2 aromatic rings. The van der Waals surface area contributed by atoms with E-state index in [-0.39, 0.29) is 5.91 Å². The zero-order valence-corrected chi connectivity index (χ0v) is 14.0. The molecule has 0 atom stereocenters. The van der Waals surface area contributed by atoms with Crippen molar-refractivity contribution < 1.29 is 4.79 Å². The Morgan fingerprint density at radius 2 is 1.83 bits per heavy atom. The SMILES string of the molecule is CCCCCNC(=O)c1cnc(Nc2ccc(C)c(C)c2)nc1. The number of aromatic nitrogens is 2. The Labute approximate surface area is 137 Å². The molecule has 5 nitrogen and oxygen atoms in total. The summed E-state index contributed by atoms with van der Waals surface area (Å²) >= 11 is 0. The molecule has 2 rings (SSSR count). The van der Waals surface area contributed by atoms with Gasteiger partial charge < -0.3 is 10.6 Å². The Balaban J connectivity index is 1.93. The summed E-state index contributed by atoms with van der Waals surface area (Å²) in [5, 5.41) is 6.02. The molecule has 2 N–H and O–H groups in total. The van der Waals surface area contributed by atoms with E-state index in [4.69, 9.17) is 0 Å². The maximum Gasteiger partial charge on any atom is 0.254 e. The zero-order valence-electron chi connectivity index (χ0n) is 14.0. The van der Waals surface area contributed by atoms with Gasteiger partial charge in [-0.15, -0.1) is 0 Å². The van der Waals surface area contributed by atoms with E-state index in [2.05, 4.69) is 47.4 Å². The Morgan fingerprint density at radius 1 is 1.09 bits per heavy atom. The third-order valence-corrected chi connectivity index (χ3v) is 3.74. The number of nitrogens with one attached hydrogen (secondary N) is 2. The number of nitrogens with zero attached hydrogens (tertiary/aromatic N) is 2. The number of unbranched alkanes of at least 4 members (excludes halogenated alkanes) is 2. The molecule has 1 heterocycles. The first kappa shape index (κ1) is 16.9. The molecule has 122 valence electrons. The van der Waals surface area contributed by atoms with E-state index < -0.39 is 0 Å². The number of carbonyl (C=O) groups is 1. The lowest BCUT2D eigenvalue weighted by Crippen LogP contribution is -2.24. The molecule has 0 saturated heterocycles. The van der Waals surface area contributed by atoms with Crippen molar-refractivity contribution in [3.05, 3.63) is 47.3 Å². The predicted molar refractivity (Wildman–Crippen MR) is 93.1 cm³/mol. The van der Waals surface area contributed by atoms with Crippen LogP contribution in [0.1, 0.15) is 47.7 Å². The van der Waals surface area contributed by atoms with Crippen LogP contribution < -0.4 is 10.6 Å². The van der Waals surface area contributed by atoms with E-state index in [1.807, 2.05) is 12.1 Å². The lowest BCUT2D eigenvalue weighted by Gasteiger charge is -2.08. The van der Waals surface area contributed by atoms with E-state index in [1.165, 1.54) is 11.1 Å². The van der Waals surface area contributed by atoms with E-state index in [1.54, 1.807) is 12.4 Å². The molecule has 1 amide bonds. The Morgan fingerprint density at radius 3 is 2.48 bits per heavy atom. The molecule has 0 saturated carbocycles. The van der Waals surface area contributed by atoms with Crippen molar-refractivity contribution in [2.45, 2.75) is 40.0 Å².